The monoisotopic (exact) mass is 302 g/mol. The van der Waals surface area contributed by atoms with Gasteiger partial charge in [-0.1, -0.05) is 0 Å². The molecule has 0 bridgehead atoms. The molecule has 0 saturated carbocycles. The molecule has 1 aromatic heterocycles. The molecule has 0 radical (unpaired) electrons. The van der Waals surface area contributed by atoms with Gasteiger partial charge in [-0.25, -0.2) is 0 Å². The van der Waals surface area contributed by atoms with Crippen LogP contribution in [-0.2, 0) is 11.2 Å². The number of hydrogen-bond donors (Lipinski definition) is 1. The molecule has 0 aliphatic rings. The van der Waals surface area contributed by atoms with Crippen LogP contribution in [0.5, 0.6) is 5.75 Å². The minimum absolute atomic E-state index is 0.0810. The predicted molar refractivity (Wildman–Crippen MR) is 62.4 cm³/mol. The van der Waals surface area contributed by atoms with Crippen LogP contribution in [0.25, 0.3) is 11.5 Å². The normalized spacial score (nSPS) is 11.4. The first-order chi connectivity index (χ1) is 9.83. The second-order valence-electron chi connectivity index (χ2n) is 3.97. The summed E-state index contributed by atoms with van der Waals surface area (Å²) in [4.78, 5) is 10.4. The molecule has 1 aromatic carbocycles. The number of carboxylic acid groups (broad SMARTS) is 1. The lowest BCUT2D eigenvalue weighted by atomic mass is 10.2. The lowest BCUT2D eigenvalue weighted by Crippen LogP contribution is -2.16. The third-order valence-electron chi connectivity index (χ3n) is 2.35. The summed E-state index contributed by atoms with van der Waals surface area (Å²) in [6, 6.07) is 4.89. The van der Waals surface area contributed by atoms with Crippen molar-refractivity contribution >= 4 is 5.97 Å². The van der Waals surface area contributed by atoms with Gasteiger partial charge < -0.3 is 14.3 Å². The molecule has 1 N–H and O–H groups in total. The van der Waals surface area contributed by atoms with Gasteiger partial charge in [0.1, 0.15) is 5.75 Å². The van der Waals surface area contributed by atoms with Crippen molar-refractivity contribution in [1.82, 2.24) is 10.2 Å². The Morgan fingerprint density at radius 1 is 1.24 bits per heavy atom. The zero-order valence-electron chi connectivity index (χ0n) is 10.4. The van der Waals surface area contributed by atoms with E-state index in [0.717, 1.165) is 12.1 Å². The number of rotatable bonds is 5. The third-order valence-corrected chi connectivity index (χ3v) is 2.35. The maximum Gasteiger partial charge on any atom is 0.573 e. The van der Waals surface area contributed by atoms with Crippen molar-refractivity contribution < 1.29 is 32.2 Å². The van der Waals surface area contributed by atoms with Crippen molar-refractivity contribution in [3.05, 3.63) is 30.2 Å². The Hall–Kier alpha value is -2.58. The number of alkyl halides is 3. The number of hydrogen-bond acceptors (Lipinski definition) is 5. The van der Waals surface area contributed by atoms with Crippen molar-refractivity contribution in [2.24, 2.45) is 0 Å². The van der Waals surface area contributed by atoms with Crippen LogP contribution in [0.4, 0.5) is 13.2 Å². The zero-order valence-corrected chi connectivity index (χ0v) is 10.4. The summed E-state index contributed by atoms with van der Waals surface area (Å²) in [5, 5.41) is 15.9. The number of halogens is 3. The Bertz CT molecular complexity index is 622. The summed E-state index contributed by atoms with van der Waals surface area (Å²) in [6.07, 6.45) is -4.83. The molecular weight excluding hydrogens is 293 g/mol. The molecular formula is C12H9F3N2O4. The standard InChI is InChI=1S/C12H9F3N2O4/c13-12(14,15)21-8-3-1-7(2-4-8)11-17-16-9(20-11)5-6-10(18)19/h1-4H,5-6H2,(H,18,19). The topological polar surface area (TPSA) is 85.5 Å². The molecule has 2 aromatic rings. The van der Waals surface area contributed by atoms with Crippen LogP contribution in [0.2, 0.25) is 0 Å². The van der Waals surface area contributed by atoms with Gasteiger partial charge in [-0.05, 0) is 24.3 Å². The number of carbonyl (C=O) groups is 1. The summed E-state index contributed by atoms with van der Waals surface area (Å²) in [5.74, 6) is -1.13. The average molecular weight is 302 g/mol. The molecule has 21 heavy (non-hydrogen) atoms. The molecule has 1 heterocycles. The number of aryl methyl sites for hydroxylation is 1. The first-order valence-corrected chi connectivity index (χ1v) is 5.74. The van der Waals surface area contributed by atoms with Gasteiger partial charge in [-0.3, -0.25) is 4.79 Å². The van der Waals surface area contributed by atoms with Crippen LogP contribution in [-0.4, -0.2) is 27.6 Å². The van der Waals surface area contributed by atoms with Gasteiger partial charge in [-0.15, -0.1) is 23.4 Å². The number of ether oxygens (including phenoxy) is 1. The second-order valence-corrected chi connectivity index (χ2v) is 3.97. The molecule has 0 unspecified atom stereocenters. The fourth-order valence-corrected chi connectivity index (χ4v) is 1.48. The molecule has 0 aliphatic carbocycles. The number of benzene rings is 1. The molecule has 6 nitrogen and oxygen atoms in total. The molecule has 2 rings (SSSR count). The van der Waals surface area contributed by atoms with Gasteiger partial charge in [-0.2, -0.15) is 0 Å². The van der Waals surface area contributed by atoms with Gasteiger partial charge in [0.15, 0.2) is 0 Å². The highest BCUT2D eigenvalue weighted by Crippen LogP contribution is 2.26. The largest absolute Gasteiger partial charge is 0.573 e. The van der Waals surface area contributed by atoms with Crippen LogP contribution in [0, 0.1) is 0 Å². The number of nitrogens with zero attached hydrogens (tertiary/aromatic N) is 2. The van der Waals surface area contributed by atoms with Crippen molar-refractivity contribution in [3.63, 3.8) is 0 Å². The summed E-state index contributed by atoms with van der Waals surface area (Å²) < 4.78 is 45.0. The molecule has 112 valence electrons. The highest BCUT2D eigenvalue weighted by Gasteiger charge is 2.31. The first kappa shape index (κ1) is 14.8. The quantitative estimate of drug-likeness (QED) is 0.914. The highest BCUT2D eigenvalue weighted by molar-refractivity contribution is 5.66. The van der Waals surface area contributed by atoms with E-state index < -0.39 is 12.3 Å². The van der Waals surface area contributed by atoms with Crippen molar-refractivity contribution in [3.8, 4) is 17.2 Å². The van der Waals surface area contributed by atoms with Crippen LogP contribution < -0.4 is 4.74 Å². The molecule has 0 spiro atoms. The highest BCUT2D eigenvalue weighted by atomic mass is 19.4. The van der Waals surface area contributed by atoms with Gasteiger partial charge in [0.05, 0.1) is 6.42 Å². The van der Waals surface area contributed by atoms with Crippen molar-refractivity contribution in [2.75, 3.05) is 0 Å². The van der Waals surface area contributed by atoms with Crippen molar-refractivity contribution in [2.45, 2.75) is 19.2 Å². The summed E-state index contributed by atoms with van der Waals surface area (Å²) in [7, 11) is 0. The van der Waals surface area contributed by atoms with Crippen LogP contribution in [0.1, 0.15) is 12.3 Å². The van der Waals surface area contributed by atoms with E-state index in [1.807, 2.05) is 0 Å². The van der Waals surface area contributed by atoms with E-state index in [4.69, 9.17) is 9.52 Å². The summed E-state index contributed by atoms with van der Waals surface area (Å²) >= 11 is 0. The molecule has 0 aliphatic heterocycles. The minimum atomic E-state index is -4.75. The zero-order chi connectivity index (χ0) is 15.5. The SMILES string of the molecule is O=C(O)CCc1nnc(-c2ccc(OC(F)(F)F)cc2)o1. The van der Waals surface area contributed by atoms with Gasteiger partial charge in [0, 0.05) is 12.0 Å². The third kappa shape index (κ3) is 4.48. The van der Waals surface area contributed by atoms with E-state index >= 15 is 0 Å². The van der Waals surface area contributed by atoms with E-state index in [2.05, 4.69) is 14.9 Å². The van der Waals surface area contributed by atoms with Gasteiger partial charge in [0.2, 0.25) is 11.8 Å². The van der Waals surface area contributed by atoms with E-state index in [9.17, 15) is 18.0 Å². The van der Waals surface area contributed by atoms with Gasteiger partial charge in [0.25, 0.3) is 0 Å². The Morgan fingerprint density at radius 2 is 1.90 bits per heavy atom. The molecule has 0 amide bonds. The molecule has 9 heteroatoms. The lowest BCUT2D eigenvalue weighted by Gasteiger charge is -2.08. The van der Waals surface area contributed by atoms with E-state index in [-0.39, 0.29) is 30.4 Å². The van der Waals surface area contributed by atoms with E-state index in [1.165, 1.54) is 12.1 Å². The number of carboxylic acids is 1. The molecule has 0 atom stereocenters. The molecule has 0 saturated heterocycles. The Balaban J connectivity index is 2.07. The Morgan fingerprint density at radius 3 is 2.48 bits per heavy atom. The number of aliphatic carboxylic acids is 1. The average Bonchev–Trinajstić information content (AvgIpc) is 2.84. The van der Waals surface area contributed by atoms with Crippen LogP contribution >= 0.6 is 0 Å². The fraction of sp³-hybridized carbons (Fsp3) is 0.250. The van der Waals surface area contributed by atoms with Crippen molar-refractivity contribution in [1.29, 1.82) is 0 Å². The lowest BCUT2D eigenvalue weighted by molar-refractivity contribution is -0.274. The van der Waals surface area contributed by atoms with Gasteiger partial charge >= 0.3 is 12.3 Å². The maximum absolute atomic E-state index is 12.0. The summed E-state index contributed by atoms with van der Waals surface area (Å²) in [5.41, 5.74) is 0.401. The number of aromatic nitrogens is 2. The van der Waals surface area contributed by atoms with E-state index in [1.54, 1.807) is 0 Å². The fourth-order valence-electron chi connectivity index (χ4n) is 1.48. The Kier molecular flexibility index (Phi) is 4.10. The smallest absolute Gasteiger partial charge is 0.481 e. The van der Waals surface area contributed by atoms with Crippen LogP contribution in [0.15, 0.2) is 28.7 Å². The maximum atomic E-state index is 12.0. The first-order valence-electron chi connectivity index (χ1n) is 5.74. The van der Waals surface area contributed by atoms with Crippen LogP contribution in [0.3, 0.4) is 0 Å². The summed E-state index contributed by atoms with van der Waals surface area (Å²) in [6.45, 7) is 0. The predicted octanol–water partition coefficient (Wildman–Crippen LogP) is 2.65. The molecule has 0 fully saturated rings. The Labute approximate surface area is 116 Å². The second kappa shape index (κ2) is 5.81. The van der Waals surface area contributed by atoms with E-state index in [0.29, 0.717) is 5.56 Å². The minimum Gasteiger partial charge on any atom is -0.481 e.